The summed E-state index contributed by atoms with van der Waals surface area (Å²) in [6.07, 6.45) is 3.11. The number of carbonyl (C=O) groups excluding carboxylic acids is 1. The van der Waals surface area contributed by atoms with Crippen molar-refractivity contribution in [3.8, 4) is 0 Å². The van der Waals surface area contributed by atoms with Gasteiger partial charge in [0.2, 0.25) is 11.5 Å². The average Bonchev–Trinajstić information content (AvgIpc) is 2.50. The first-order valence-electron chi connectivity index (χ1n) is 4.63. The molecule has 0 aromatic carbocycles. The zero-order valence-electron chi connectivity index (χ0n) is 7.99. The smallest absolute Gasteiger partial charge is 0.247 e. The highest BCUT2D eigenvalue weighted by Gasteiger charge is 2.28. The van der Waals surface area contributed by atoms with E-state index in [0.29, 0.717) is 6.42 Å². The summed E-state index contributed by atoms with van der Waals surface area (Å²) < 4.78 is 0. The fraction of sp³-hybridized carbons (Fsp3) is 0.400. The van der Waals surface area contributed by atoms with Gasteiger partial charge in [0.05, 0.1) is 6.04 Å². The van der Waals surface area contributed by atoms with Gasteiger partial charge >= 0.3 is 0 Å². The van der Waals surface area contributed by atoms with Crippen LogP contribution in [-0.4, -0.2) is 22.8 Å². The summed E-state index contributed by atoms with van der Waals surface area (Å²) >= 11 is 0. The minimum Gasteiger partial charge on any atom is -0.339 e. The number of rotatable bonds is 1. The lowest BCUT2D eigenvalue weighted by Gasteiger charge is -2.19. The SMILES string of the molecule is CN1C(=O)CCC1c1ccc(=O)[nH]c1. The van der Waals surface area contributed by atoms with E-state index < -0.39 is 0 Å². The van der Waals surface area contributed by atoms with Crippen molar-refractivity contribution in [1.82, 2.24) is 9.88 Å². The Morgan fingerprint density at radius 3 is 2.71 bits per heavy atom. The van der Waals surface area contributed by atoms with Crippen molar-refractivity contribution in [2.45, 2.75) is 18.9 Å². The molecule has 2 heterocycles. The van der Waals surface area contributed by atoms with Gasteiger partial charge in [-0.15, -0.1) is 0 Å². The molecule has 1 aromatic rings. The highest BCUT2D eigenvalue weighted by Crippen LogP contribution is 2.29. The van der Waals surface area contributed by atoms with Gasteiger partial charge in [-0.25, -0.2) is 0 Å². The van der Waals surface area contributed by atoms with Crippen LogP contribution in [0, 0.1) is 0 Å². The summed E-state index contributed by atoms with van der Waals surface area (Å²) in [6, 6.07) is 3.39. The number of amides is 1. The van der Waals surface area contributed by atoms with Gasteiger partial charge in [0.15, 0.2) is 0 Å². The Bertz CT molecular complexity index is 390. The molecular formula is C10H12N2O2. The van der Waals surface area contributed by atoms with Crippen LogP contribution in [0.2, 0.25) is 0 Å². The minimum atomic E-state index is -0.110. The lowest BCUT2D eigenvalue weighted by molar-refractivity contribution is -0.127. The van der Waals surface area contributed by atoms with Gasteiger partial charge in [0.1, 0.15) is 0 Å². The predicted octanol–water partition coefficient (Wildman–Crippen LogP) is 0.668. The number of nitrogens with one attached hydrogen (secondary N) is 1. The molecular weight excluding hydrogens is 180 g/mol. The first kappa shape index (κ1) is 8.99. The number of carbonyl (C=O) groups is 1. The molecule has 1 aromatic heterocycles. The molecule has 0 saturated carbocycles. The molecule has 1 aliphatic rings. The van der Waals surface area contributed by atoms with Crippen molar-refractivity contribution in [3.63, 3.8) is 0 Å². The molecule has 0 bridgehead atoms. The summed E-state index contributed by atoms with van der Waals surface area (Å²) in [5, 5.41) is 0. The first-order chi connectivity index (χ1) is 6.68. The highest BCUT2D eigenvalue weighted by molar-refractivity contribution is 5.78. The molecule has 14 heavy (non-hydrogen) atoms. The molecule has 1 atom stereocenters. The van der Waals surface area contributed by atoms with Gasteiger partial charge in [-0.1, -0.05) is 6.07 Å². The van der Waals surface area contributed by atoms with E-state index in [0.717, 1.165) is 12.0 Å². The second-order valence-electron chi connectivity index (χ2n) is 3.55. The molecule has 0 radical (unpaired) electrons. The Labute approximate surface area is 81.6 Å². The summed E-state index contributed by atoms with van der Waals surface area (Å²) in [6.45, 7) is 0. The molecule has 74 valence electrons. The van der Waals surface area contributed by atoms with Crippen molar-refractivity contribution >= 4 is 5.91 Å². The average molecular weight is 192 g/mol. The molecule has 1 fully saturated rings. The van der Waals surface area contributed by atoms with Crippen LogP contribution in [0.5, 0.6) is 0 Å². The van der Waals surface area contributed by atoms with Crippen LogP contribution in [0.3, 0.4) is 0 Å². The standard InChI is InChI=1S/C10H12N2O2/c1-12-8(3-5-10(12)14)7-2-4-9(13)11-6-7/h2,4,6,8H,3,5H2,1H3,(H,11,13). The molecule has 0 aliphatic carbocycles. The van der Waals surface area contributed by atoms with Crippen LogP contribution in [0.1, 0.15) is 24.4 Å². The first-order valence-corrected chi connectivity index (χ1v) is 4.63. The number of nitrogens with zero attached hydrogens (tertiary/aromatic N) is 1. The van der Waals surface area contributed by atoms with E-state index in [1.54, 1.807) is 24.2 Å². The van der Waals surface area contributed by atoms with Gasteiger partial charge in [-0.05, 0) is 12.0 Å². The number of hydrogen-bond acceptors (Lipinski definition) is 2. The Balaban J connectivity index is 2.28. The molecule has 4 heteroatoms. The molecule has 1 unspecified atom stereocenters. The fourth-order valence-corrected chi connectivity index (χ4v) is 1.82. The monoisotopic (exact) mass is 192 g/mol. The molecule has 0 spiro atoms. The van der Waals surface area contributed by atoms with E-state index in [1.165, 1.54) is 6.07 Å². The lowest BCUT2D eigenvalue weighted by atomic mass is 10.1. The van der Waals surface area contributed by atoms with E-state index in [-0.39, 0.29) is 17.5 Å². The fourth-order valence-electron chi connectivity index (χ4n) is 1.82. The molecule has 1 N–H and O–H groups in total. The van der Waals surface area contributed by atoms with E-state index in [4.69, 9.17) is 0 Å². The van der Waals surface area contributed by atoms with Crippen molar-refractivity contribution in [2.75, 3.05) is 7.05 Å². The third kappa shape index (κ3) is 1.43. The Hall–Kier alpha value is -1.58. The largest absolute Gasteiger partial charge is 0.339 e. The maximum atomic E-state index is 11.3. The van der Waals surface area contributed by atoms with Crippen LogP contribution in [0.25, 0.3) is 0 Å². The van der Waals surface area contributed by atoms with Crippen LogP contribution in [0.15, 0.2) is 23.1 Å². The summed E-state index contributed by atoms with van der Waals surface area (Å²) in [5.74, 6) is 0.168. The number of pyridine rings is 1. The number of likely N-dealkylation sites (tertiary alicyclic amines) is 1. The van der Waals surface area contributed by atoms with Gasteiger partial charge in [0, 0.05) is 25.7 Å². The van der Waals surface area contributed by atoms with Crippen molar-refractivity contribution in [3.05, 3.63) is 34.2 Å². The third-order valence-electron chi connectivity index (χ3n) is 2.69. The number of H-pyrrole nitrogens is 1. The minimum absolute atomic E-state index is 0.110. The van der Waals surface area contributed by atoms with E-state index >= 15 is 0 Å². The lowest BCUT2D eigenvalue weighted by Crippen LogP contribution is -2.23. The molecule has 1 saturated heterocycles. The molecule has 1 amide bonds. The Kier molecular flexibility index (Phi) is 2.11. The maximum absolute atomic E-state index is 11.3. The summed E-state index contributed by atoms with van der Waals surface area (Å²) in [5.41, 5.74) is 0.888. The van der Waals surface area contributed by atoms with Crippen molar-refractivity contribution in [1.29, 1.82) is 0 Å². The predicted molar refractivity (Wildman–Crippen MR) is 51.8 cm³/mol. The summed E-state index contributed by atoms with van der Waals surface area (Å²) in [7, 11) is 1.80. The zero-order chi connectivity index (χ0) is 10.1. The highest BCUT2D eigenvalue weighted by atomic mass is 16.2. The topological polar surface area (TPSA) is 53.2 Å². The van der Waals surface area contributed by atoms with Crippen molar-refractivity contribution in [2.24, 2.45) is 0 Å². The zero-order valence-corrected chi connectivity index (χ0v) is 7.99. The van der Waals surface area contributed by atoms with Crippen LogP contribution < -0.4 is 5.56 Å². The molecule has 4 nitrogen and oxygen atoms in total. The van der Waals surface area contributed by atoms with Gasteiger partial charge in [-0.2, -0.15) is 0 Å². The molecule has 1 aliphatic heterocycles. The van der Waals surface area contributed by atoms with Crippen molar-refractivity contribution < 1.29 is 4.79 Å². The van der Waals surface area contributed by atoms with E-state index in [2.05, 4.69) is 4.98 Å². The number of aromatic nitrogens is 1. The van der Waals surface area contributed by atoms with E-state index in [1.807, 2.05) is 0 Å². The number of aromatic amines is 1. The van der Waals surface area contributed by atoms with E-state index in [9.17, 15) is 9.59 Å². The second kappa shape index (κ2) is 3.29. The second-order valence-corrected chi connectivity index (χ2v) is 3.55. The molecule has 2 rings (SSSR count). The normalized spacial score (nSPS) is 21.6. The van der Waals surface area contributed by atoms with Crippen LogP contribution in [-0.2, 0) is 4.79 Å². The quantitative estimate of drug-likeness (QED) is 0.711. The van der Waals surface area contributed by atoms with Crippen LogP contribution >= 0.6 is 0 Å². The Morgan fingerprint density at radius 2 is 2.21 bits per heavy atom. The van der Waals surface area contributed by atoms with Gasteiger partial charge in [0.25, 0.3) is 0 Å². The third-order valence-corrected chi connectivity index (χ3v) is 2.69. The summed E-state index contributed by atoms with van der Waals surface area (Å²) in [4.78, 5) is 26.5. The number of hydrogen-bond donors (Lipinski definition) is 1. The maximum Gasteiger partial charge on any atom is 0.247 e. The van der Waals surface area contributed by atoms with Gasteiger partial charge in [-0.3, -0.25) is 9.59 Å². The van der Waals surface area contributed by atoms with Gasteiger partial charge < -0.3 is 9.88 Å². The van der Waals surface area contributed by atoms with Crippen LogP contribution in [0.4, 0.5) is 0 Å². The Morgan fingerprint density at radius 1 is 1.43 bits per heavy atom.